The Kier molecular flexibility index (Phi) is 6.92. The highest BCUT2D eigenvalue weighted by molar-refractivity contribution is 5.92. The minimum Gasteiger partial charge on any atom is -0.391 e. The van der Waals surface area contributed by atoms with Crippen molar-refractivity contribution in [3.8, 4) is 0 Å². The number of anilines is 1. The summed E-state index contributed by atoms with van der Waals surface area (Å²) in [5.41, 5.74) is 2.58. The van der Waals surface area contributed by atoms with Gasteiger partial charge in [-0.3, -0.25) is 9.59 Å². The second kappa shape index (κ2) is 9.39. The lowest BCUT2D eigenvalue weighted by atomic mass is 10.1. The van der Waals surface area contributed by atoms with E-state index in [0.29, 0.717) is 12.1 Å². The Balaban J connectivity index is 1.77. The fraction of sp³-hybridized carbons (Fsp3) is 0.200. The summed E-state index contributed by atoms with van der Waals surface area (Å²) in [6.07, 6.45) is 2.96. The van der Waals surface area contributed by atoms with Crippen molar-refractivity contribution in [1.82, 2.24) is 5.32 Å². The van der Waals surface area contributed by atoms with Crippen LogP contribution in [0.5, 0.6) is 0 Å². The SMILES string of the molecule is CC(=O)Nc1ccc(/C=C/C(=O)NCC(O)Cc2ccccc2)cc1. The molecule has 2 aromatic carbocycles. The Morgan fingerprint density at radius 3 is 2.40 bits per heavy atom. The van der Waals surface area contributed by atoms with Gasteiger partial charge >= 0.3 is 0 Å². The Hall–Kier alpha value is -2.92. The maximum Gasteiger partial charge on any atom is 0.244 e. The minimum atomic E-state index is -0.628. The van der Waals surface area contributed by atoms with Crippen molar-refractivity contribution in [2.45, 2.75) is 19.4 Å². The van der Waals surface area contributed by atoms with Crippen LogP contribution in [0.25, 0.3) is 6.08 Å². The van der Waals surface area contributed by atoms with E-state index in [1.807, 2.05) is 30.3 Å². The summed E-state index contributed by atoms with van der Waals surface area (Å²) in [6, 6.07) is 16.8. The van der Waals surface area contributed by atoms with E-state index in [1.54, 1.807) is 30.3 Å². The van der Waals surface area contributed by atoms with Gasteiger partial charge in [0.25, 0.3) is 0 Å². The second-order valence-electron chi connectivity index (χ2n) is 5.73. The molecule has 5 heteroatoms. The molecule has 2 amide bonds. The second-order valence-corrected chi connectivity index (χ2v) is 5.73. The Morgan fingerprint density at radius 2 is 1.76 bits per heavy atom. The Bertz CT molecular complexity index is 724. The lowest BCUT2D eigenvalue weighted by Crippen LogP contribution is -2.32. The highest BCUT2D eigenvalue weighted by Gasteiger charge is 2.06. The molecule has 0 radical (unpaired) electrons. The summed E-state index contributed by atoms with van der Waals surface area (Å²) in [5, 5.41) is 15.3. The summed E-state index contributed by atoms with van der Waals surface area (Å²) in [4.78, 5) is 22.8. The summed E-state index contributed by atoms with van der Waals surface area (Å²) in [6.45, 7) is 1.64. The van der Waals surface area contributed by atoms with Crippen LogP contribution in [-0.2, 0) is 16.0 Å². The molecular formula is C20H22N2O3. The van der Waals surface area contributed by atoms with Crippen LogP contribution in [-0.4, -0.2) is 29.6 Å². The molecule has 0 heterocycles. The van der Waals surface area contributed by atoms with Gasteiger partial charge in [0.05, 0.1) is 6.10 Å². The third kappa shape index (κ3) is 7.01. The van der Waals surface area contributed by atoms with Crippen LogP contribution in [0.15, 0.2) is 60.7 Å². The molecule has 0 aliphatic carbocycles. The van der Waals surface area contributed by atoms with Crippen molar-refractivity contribution in [1.29, 1.82) is 0 Å². The highest BCUT2D eigenvalue weighted by atomic mass is 16.3. The number of hydrogen-bond acceptors (Lipinski definition) is 3. The molecule has 25 heavy (non-hydrogen) atoms. The van der Waals surface area contributed by atoms with Crippen molar-refractivity contribution in [3.63, 3.8) is 0 Å². The van der Waals surface area contributed by atoms with Gasteiger partial charge in [0.15, 0.2) is 0 Å². The molecule has 1 atom stereocenters. The van der Waals surface area contributed by atoms with Crippen molar-refractivity contribution < 1.29 is 14.7 Å². The van der Waals surface area contributed by atoms with Crippen LogP contribution in [0, 0.1) is 0 Å². The first-order chi connectivity index (χ1) is 12.0. The Labute approximate surface area is 147 Å². The molecule has 0 aliphatic heterocycles. The Morgan fingerprint density at radius 1 is 1.08 bits per heavy atom. The van der Waals surface area contributed by atoms with Crippen molar-refractivity contribution >= 4 is 23.6 Å². The molecule has 130 valence electrons. The van der Waals surface area contributed by atoms with E-state index in [1.165, 1.54) is 13.0 Å². The van der Waals surface area contributed by atoms with Crippen LogP contribution in [0.1, 0.15) is 18.1 Å². The predicted molar refractivity (Wildman–Crippen MR) is 98.9 cm³/mol. The number of rotatable bonds is 7. The van der Waals surface area contributed by atoms with Crippen LogP contribution < -0.4 is 10.6 Å². The number of aliphatic hydroxyl groups is 1. The first-order valence-electron chi connectivity index (χ1n) is 8.08. The monoisotopic (exact) mass is 338 g/mol. The standard InChI is InChI=1S/C20H22N2O3/c1-15(23)22-18-10-7-16(8-11-18)9-12-20(25)21-14-19(24)13-17-5-3-2-4-6-17/h2-12,19,24H,13-14H2,1H3,(H,21,25)(H,22,23)/b12-9+. The third-order valence-electron chi connectivity index (χ3n) is 3.48. The molecule has 5 nitrogen and oxygen atoms in total. The van der Waals surface area contributed by atoms with E-state index in [-0.39, 0.29) is 18.4 Å². The smallest absolute Gasteiger partial charge is 0.244 e. The average molecular weight is 338 g/mol. The number of hydrogen-bond donors (Lipinski definition) is 3. The highest BCUT2D eigenvalue weighted by Crippen LogP contribution is 2.10. The van der Waals surface area contributed by atoms with Gasteiger partial charge in [0.1, 0.15) is 0 Å². The number of amides is 2. The summed E-state index contributed by atoms with van der Waals surface area (Å²) < 4.78 is 0. The topological polar surface area (TPSA) is 78.4 Å². The van der Waals surface area contributed by atoms with E-state index in [9.17, 15) is 14.7 Å². The maximum atomic E-state index is 11.8. The van der Waals surface area contributed by atoms with Gasteiger partial charge in [-0.1, -0.05) is 42.5 Å². The van der Waals surface area contributed by atoms with Crippen molar-refractivity contribution in [2.24, 2.45) is 0 Å². The fourth-order valence-corrected chi connectivity index (χ4v) is 2.29. The molecule has 2 rings (SSSR count). The molecule has 1 unspecified atom stereocenters. The third-order valence-corrected chi connectivity index (χ3v) is 3.48. The van der Waals surface area contributed by atoms with Crippen LogP contribution in [0.2, 0.25) is 0 Å². The van der Waals surface area contributed by atoms with Gasteiger partial charge in [0.2, 0.25) is 11.8 Å². The molecule has 0 spiro atoms. The summed E-state index contributed by atoms with van der Waals surface area (Å²) in [7, 11) is 0. The zero-order valence-corrected chi connectivity index (χ0v) is 14.1. The van der Waals surface area contributed by atoms with Crippen molar-refractivity contribution in [3.05, 3.63) is 71.8 Å². The summed E-state index contributed by atoms with van der Waals surface area (Å²) in [5.74, 6) is -0.394. The number of carbonyl (C=O) groups excluding carboxylic acids is 2. The average Bonchev–Trinajstić information content (AvgIpc) is 2.60. The van der Waals surface area contributed by atoms with Gasteiger partial charge in [-0.25, -0.2) is 0 Å². The summed E-state index contributed by atoms with van der Waals surface area (Å²) >= 11 is 0. The van der Waals surface area contributed by atoms with Crippen LogP contribution in [0.3, 0.4) is 0 Å². The van der Waals surface area contributed by atoms with Crippen LogP contribution in [0.4, 0.5) is 5.69 Å². The van der Waals surface area contributed by atoms with E-state index < -0.39 is 6.10 Å². The van der Waals surface area contributed by atoms with Gasteiger partial charge in [-0.15, -0.1) is 0 Å². The zero-order valence-electron chi connectivity index (χ0n) is 14.1. The molecule has 0 aliphatic rings. The lowest BCUT2D eigenvalue weighted by Gasteiger charge is -2.10. The van der Waals surface area contributed by atoms with E-state index in [4.69, 9.17) is 0 Å². The normalized spacial score (nSPS) is 11.9. The molecule has 2 aromatic rings. The van der Waals surface area contributed by atoms with Crippen molar-refractivity contribution in [2.75, 3.05) is 11.9 Å². The number of aliphatic hydroxyl groups excluding tert-OH is 1. The molecule has 0 bridgehead atoms. The number of nitrogens with one attached hydrogen (secondary N) is 2. The molecule has 0 aromatic heterocycles. The number of benzene rings is 2. The minimum absolute atomic E-state index is 0.128. The predicted octanol–water partition coefficient (Wildman–Crippen LogP) is 2.38. The molecular weight excluding hydrogens is 316 g/mol. The fourth-order valence-electron chi connectivity index (χ4n) is 2.29. The van der Waals surface area contributed by atoms with Gasteiger partial charge in [-0.2, -0.15) is 0 Å². The zero-order chi connectivity index (χ0) is 18.1. The van der Waals surface area contributed by atoms with Crippen LogP contribution >= 0.6 is 0 Å². The molecule has 0 saturated heterocycles. The quantitative estimate of drug-likeness (QED) is 0.678. The van der Waals surface area contributed by atoms with Gasteiger partial charge in [-0.05, 0) is 29.3 Å². The molecule has 0 saturated carbocycles. The van der Waals surface area contributed by atoms with E-state index in [0.717, 1.165) is 11.1 Å². The molecule has 3 N–H and O–H groups in total. The largest absolute Gasteiger partial charge is 0.391 e. The number of carbonyl (C=O) groups is 2. The van der Waals surface area contributed by atoms with E-state index in [2.05, 4.69) is 10.6 Å². The van der Waals surface area contributed by atoms with E-state index >= 15 is 0 Å². The first-order valence-corrected chi connectivity index (χ1v) is 8.08. The maximum absolute atomic E-state index is 11.8. The van der Waals surface area contributed by atoms with Gasteiger partial charge in [0, 0.05) is 31.7 Å². The first kappa shape index (κ1) is 18.4. The lowest BCUT2D eigenvalue weighted by molar-refractivity contribution is -0.117. The van der Waals surface area contributed by atoms with Gasteiger partial charge < -0.3 is 15.7 Å². The molecule has 0 fully saturated rings.